The average Bonchev–Trinajstić information content (AvgIpc) is 2.37. The fourth-order valence-electron chi connectivity index (χ4n) is 1.40. The van der Waals surface area contributed by atoms with Crippen molar-refractivity contribution < 1.29 is 5.11 Å². The Bertz CT molecular complexity index is 540. The maximum absolute atomic E-state index is 11.5. The van der Waals surface area contributed by atoms with Gasteiger partial charge in [-0.1, -0.05) is 42.1 Å². The molecule has 1 aromatic heterocycles. The Morgan fingerprint density at radius 2 is 2.06 bits per heavy atom. The second-order valence-electron chi connectivity index (χ2n) is 3.37. The Labute approximate surface area is 103 Å². The molecule has 0 aliphatic heterocycles. The zero-order chi connectivity index (χ0) is 12.1. The van der Waals surface area contributed by atoms with Crippen LogP contribution in [0.2, 0.25) is 0 Å². The standard InChI is InChI=1S/C12H12N2O2S/c15-6-7-17-12-13-10(8-11(16)14-12)9-4-2-1-3-5-9/h1-5,8,15H,6-7H2,(H,13,14,16). The van der Waals surface area contributed by atoms with Crippen LogP contribution in [0, 0.1) is 0 Å². The SMILES string of the molecule is O=c1cc(-c2ccccc2)nc(SCCO)[nH]1. The highest BCUT2D eigenvalue weighted by Crippen LogP contribution is 2.17. The second-order valence-corrected chi connectivity index (χ2v) is 4.46. The van der Waals surface area contributed by atoms with Crippen LogP contribution >= 0.6 is 11.8 Å². The Kier molecular flexibility index (Phi) is 3.95. The van der Waals surface area contributed by atoms with Crippen molar-refractivity contribution in [3.05, 3.63) is 46.8 Å². The summed E-state index contributed by atoms with van der Waals surface area (Å²) in [6.07, 6.45) is 0. The van der Waals surface area contributed by atoms with Gasteiger partial charge in [0.1, 0.15) is 0 Å². The lowest BCUT2D eigenvalue weighted by molar-refractivity contribution is 0.322. The van der Waals surface area contributed by atoms with Gasteiger partial charge in [-0.25, -0.2) is 4.98 Å². The minimum absolute atomic E-state index is 0.0595. The van der Waals surface area contributed by atoms with Gasteiger partial charge in [-0.2, -0.15) is 0 Å². The van der Waals surface area contributed by atoms with Crippen LogP contribution in [0.25, 0.3) is 11.3 Å². The van der Waals surface area contributed by atoms with E-state index < -0.39 is 0 Å². The van der Waals surface area contributed by atoms with E-state index in [1.165, 1.54) is 17.8 Å². The summed E-state index contributed by atoms with van der Waals surface area (Å²) in [4.78, 5) is 18.5. The van der Waals surface area contributed by atoms with Gasteiger partial charge in [0, 0.05) is 17.4 Å². The quantitative estimate of drug-likeness (QED) is 0.636. The molecule has 1 heterocycles. The second kappa shape index (κ2) is 5.65. The number of nitrogens with one attached hydrogen (secondary N) is 1. The van der Waals surface area contributed by atoms with Crippen molar-refractivity contribution in [3.63, 3.8) is 0 Å². The zero-order valence-corrected chi connectivity index (χ0v) is 9.91. The van der Waals surface area contributed by atoms with Crippen LogP contribution < -0.4 is 5.56 Å². The van der Waals surface area contributed by atoms with Gasteiger partial charge < -0.3 is 10.1 Å². The van der Waals surface area contributed by atoms with E-state index >= 15 is 0 Å². The molecule has 0 aliphatic rings. The van der Waals surface area contributed by atoms with Crippen LogP contribution in [-0.4, -0.2) is 27.4 Å². The summed E-state index contributed by atoms with van der Waals surface area (Å²) >= 11 is 1.33. The largest absolute Gasteiger partial charge is 0.396 e. The van der Waals surface area contributed by atoms with Crippen LogP contribution in [0.5, 0.6) is 0 Å². The third kappa shape index (κ3) is 3.18. The van der Waals surface area contributed by atoms with Gasteiger partial charge in [0.15, 0.2) is 5.16 Å². The van der Waals surface area contributed by atoms with Crippen LogP contribution in [0.1, 0.15) is 0 Å². The van der Waals surface area contributed by atoms with Crippen molar-refractivity contribution in [1.82, 2.24) is 9.97 Å². The molecule has 2 N–H and O–H groups in total. The van der Waals surface area contributed by atoms with Crippen molar-refractivity contribution in [3.8, 4) is 11.3 Å². The molecule has 0 bridgehead atoms. The lowest BCUT2D eigenvalue weighted by Crippen LogP contribution is -2.08. The molecule has 0 amide bonds. The Morgan fingerprint density at radius 1 is 1.29 bits per heavy atom. The predicted octanol–water partition coefficient (Wildman–Crippen LogP) is 1.52. The van der Waals surface area contributed by atoms with Crippen molar-refractivity contribution in [1.29, 1.82) is 0 Å². The number of H-pyrrole nitrogens is 1. The van der Waals surface area contributed by atoms with E-state index in [2.05, 4.69) is 9.97 Å². The van der Waals surface area contributed by atoms with E-state index in [1.807, 2.05) is 30.3 Å². The van der Waals surface area contributed by atoms with Gasteiger partial charge in [-0.15, -0.1) is 0 Å². The molecule has 0 atom stereocenters. The molecule has 0 saturated heterocycles. The number of rotatable bonds is 4. The highest BCUT2D eigenvalue weighted by atomic mass is 32.2. The molecular formula is C12H12N2O2S. The first-order valence-electron chi connectivity index (χ1n) is 5.20. The van der Waals surface area contributed by atoms with Gasteiger partial charge in [0.05, 0.1) is 12.3 Å². The molecule has 2 aromatic rings. The van der Waals surface area contributed by atoms with E-state index in [1.54, 1.807) is 0 Å². The fourth-order valence-corrected chi connectivity index (χ4v) is 2.02. The first kappa shape index (κ1) is 11.9. The summed E-state index contributed by atoms with van der Waals surface area (Å²) in [5.41, 5.74) is 1.37. The lowest BCUT2D eigenvalue weighted by Gasteiger charge is -2.03. The molecule has 0 spiro atoms. The van der Waals surface area contributed by atoms with E-state index in [0.29, 0.717) is 16.6 Å². The number of benzene rings is 1. The fraction of sp³-hybridized carbons (Fsp3) is 0.167. The Balaban J connectivity index is 2.35. The number of nitrogens with zero attached hydrogens (tertiary/aromatic N) is 1. The molecule has 2 rings (SSSR count). The first-order chi connectivity index (χ1) is 8.29. The number of aromatic nitrogens is 2. The topological polar surface area (TPSA) is 66.0 Å². The highest BCUT2D eigenvalue weighted by Gasteiger charge is 2.03. The van der Waals surface area contributed by atoms with Crippen LogP contribution in [-0.2, 0) is 0 Å². The van der Waals surface area contributed by atoms with Gasteiger partial charge in [-0.05, 0) is 0 Å². The summed E-state index contributed by atoms with van der Waals surface area (Å²) in [6, 6.07) is 11.0. The van der Waals surface area contributed by atoms with E-state index in [-0.39, 0.29) is 12.2 Å². The van der Waals surface area contributed by atoms with Crippen molar-refractivity contribution >= 4 is 11.8 Å². The van der Waals surface area contributed by atoms with E-state index in [0.717, 1.165) is 5.56 Å². The third-order valence-electron chi connectivity index (χ3n) is 2.12. The number of thioether (sulfide) groups is 1. The third-order valence-corrected chi connectivity index (χ3v) is 2.97. The van der Waals surface area contributed by atoms with Crippen molar-refractivity contribution in [2.45, 2.75) is 5.16 Å². The normalized spacial score (nSPS) is 10.4. The molecular weight excluding hydrogens is 236 g/mol. The zero-order valence-electron chi connectivity index (χ0n) is 9.09. The molecule has 4 nitrogen and oxygen atoms in total. The van der Waals surface area contributed by atoms with Gasteiger partial charge in [0.25, 0.3) is 5.56 Å². The maximum Gasteiger partial charge on any atom is 0.252 e. The molecule has 0 aliphatic carbocycles. The summed E-state index contributed by atoms with van der Waals surface area (Å²) in [5, 5.41) is 9.28. The molecule has 0 fully saturated rings. The Morgan fingerprint density at radius 3 is 2.76 bits per heavy atom. The van der Waals surface area contributed by atoms with Gasteiger partial charge >= 0.3 is 0 Å². The summed E-state index contributed by atoms with van der Waals surface area (Å²) in [5.74, 6) is 0.515. The lowest BCUT2D eigenvalue weighted by atomic mass is 10.1. The summed E-state index contributed by atoms with van der Waals surface area (Å²) in [7, 11) is 0. The van der Waals surface area contributed by atoms with Crippen LogP contribution in [0.15, 0.2) is 46.3 Å². The number of aliphatic hydroxyl groups is 1. The molecule has 0 saturated carbocycles. The monoisotopic (exact) mass is 248 g/mol. The number of aromatic amines is 1. The number of hydrogen-bond acceptors (Lipinski definition) is 4. The number of hydrogen-bond donors (Lipinski definition) is 2. The van der Waals surface area contributed by atoms with Crippen LogP contribution in [0.4, 0.5) is 0 Å². The molecule has 5 heteroatoms. The molecule has 0 radical (unpaired) electrons. The molecule has 88 valence electrons. The smallest absolute Gasteiger partial charge is 0.252 e. The summed E-state index contributed by atoms with van der Waals surface area (Å²) in [6.45, 7) is 0.0595. The highest BCUT2D eigenvalue weighted by molar-refractivity contribution is 7.99. The van der Waals surface area contributed by atoms with Gasteiger partial charge in [-0.3, -0.25) is 4.79 Å². The minimum atomic E-state index is -0.181. The minimum Gasteiger partial charge on any atom is -0.396 e. The molecule has 0 unspecified atom stereocenters. The predicted molar refractivity (Wildman–Crippen MR) is 68.1 cm³/mol. The summed E-state index contributed by atoms with van der Waals surface area (Å²) < 4.78 is 0. The van der Waals surface area contributed by atoms with Crippen molar-refractivity contribution in [2.75, 3.05) is 12.4 Å². The van der Waals surface area contributed by atoms with Crippen molar-refractivity contribution in [2.24, 2.45) is 0 Å². The van der Waals surface area contributed by atoms with Gasteiger partial charge in [0.2, 0.25) is 0 Å². The molecule has 1 aromatic carbocycles. The first-order valence-corrected chi connectivity index (χ1v) is 6.18. The van der Waals surface area contributed by atoms with E-state index in [4.69, 9.17) is 5.11 Å². The maximum atomic E-state index is 11.5. The molecule has 17 heavy (non-hydrogen) atoms. The Hall–Kier alpha value is -1.59. The van der Waals surface area contributed by atoms with Crippen LogP contribution in [0.3, 0.4) is 0 Å². The number of aliphatic hydroxyl groups excluding tert-OH is 1. The van der Waals surface area contributed by atoms with E-state index in [9.17, 15) is 4.79 Å². The average molecular weight is 248 g/mol.